The fraction of sp³-hybridized carbons (Fsp3) is 0.368. The van der Waals surface area contributed by atoms with Crippen LogP contribution in [0.2, 0.25) is 0 Å². The summed E-state index contributed by atoms with van der Waals surface area (Å²) in [7, 11) is 0. The van der Waals surface area contributed by atoms with Crippen molar-refractivity contribution >= 4 is 17.9 Å². The van der Waals surface area contributed by atoms with E-state index in [1.165, 1.54) is 10.2 Å². The Bertz CT molecular complexity index is 1010. The number of hydrogen-bond acceptors (Lipinski definition) is 9. The molecule has 11 heteroatoms. The Morgan fingerprint density at radius 1 is 1.23 bits per heavy atom. The first kappa shape index (κ1) is 19.7. The van der Waals surface area contributed by atoms with Crippen molar-refractivity contribution in [2.75, 3.05) is 18.8 Å². The van der Waals surface area contributed by atoms with Crippen LogP contribution in [0, 0.1) is 0 Å². The average Bonchev–Trinajstić information content (AvgIpc) is 3.50. The summed E-state index contributed by atoms with van der Waals surface area (Å²) in [5.74, 6) is -0.311. The van der Waals surface area contributed by atoms with Crippen LogP contribution in [0.25, 0.3) is 5.82 Å². The minimum atomic E-state index is -0.451. The molecular weight excluding hydrogens is 386 g/mol. The van der Waals surface area contributed by atoms with Gasteiger partial charge in [-0.2, -0.15) is 9.78 Å². The molecule has 0 bridgehead atoms. The number of nitrogens with two attached hydrogens (primary N) is 1. The van der Waals surface area contributed by atoms with Crippen LogP contribution < -0.4 is 11.2 Å². The molecule has 1 aliphatic rings. The highest BCUT2D eigenvalue weighted by atomic mass is 16.6. The summed E-state index contributed by atoms with van der Waals surface area (Å²) < 4.78 is 5.89. The predicted octanol–water partition coefficient (Wildman–Crippen LogP) is 1.18. The van der Waals surface area contributed by atoms with Crippen molar-refractivity contribution in [3.8, 4) is 5.82 Å². The molecule has 156 valence electrons. The average molecular weight is 409 g/mol. The lowest BCUT2D eigenvalue weighted by Crippen LogP contribution is -2.26. The Hall–Kier alpha value is -3.60. The Morgan fingerprint density at radius 3 is 2.77 bits per heavy atom. The fourth-order valence-corrected chi connectivity index (χ4v) is 3.38. The molecule has 2 aromatic heterocycles. The molecule has 30 heavy (non-hydrogen) atoms. The summed E-state index contributed by atoms with van der Waals surface area (Å²) in [6, 6.07) is 10.1. The zero-order valence-electron chi connectivity index (χ0n) is 16.4. The second kappa shape index (κ2) is 9.27. The van der Waals surface area contributed by atoms with Crippen molar-refractivity contribution < 1.29 is 9.42 Å². The van der Waals surface area contributed by atoms with Crippen LogP contribution in [0.4, 0.5) is 5.82 Å². The SMILES string of the molecule is Nc1nonc1-n1nnc(CN2CCCC2)c1C(=O)N/N=C/CCc1ccccc1. The highest BCUT2D eigenvalue weighted by Crippen LogP contribution is 2.18. The smallest absolute Gasteiger partial charge is 0.292 e. The minimum Gasteiger partial charge on any atom is -0.378 e. The zero-order chi connectivity index (χ0) is 20.8. The van der Waals surface area contributed by atoms with E-state index in [-0.39, 0.29) is 17.3 Å². The lowest BCUT2D eigenvalue weighted by molar-refractivity contribution is 0.0945. The van der Waals surface area contributed by atoms with Crippen molar-refractivity contribution in [3.05, 3.63) is 47.3 Å². The highest BCUT2D eigenvalue weighted by Gasteiger charge is 2.26. The summed E-state index contributed by atoms with van der Waals surface area (Å²) in [4.78, 5) is 15.1. The molecule has 11 nitrogen and oxygen atoms in total. The number of anilines is 1. The van der Waals surface area contributed by atoms with E-state index in [1.54, 1.807) is 6.21 Å². The van der Waals surface area contributed by atoms with E-state index in [4.69, 9.17) is 5.73 Å². The molecule has 3 aromatic rings. The molecule has 0 radical (unpaired) electrons. The number of amides is 1. The Labute approximate surface area is 172 Å². The topological polar surface area (TPSA) is 140 Å². The molecule has 0 spiro atoms. The summed E-state index contributed by atoms with van der Waals surface area (Å²) >= 11 is 0. The van der Waals surface area contributed by atoms with E-state index in [2.05, 4.69) is 52.8 Å². The molecule has 4 rings (SSSR count). The van der Waals surface area contributed by atoms with Gasteiger partial charge in [0.25, 0.3) is 5.91 Å². The summed E-state index contributed by atoms with van der Waals surface area (Å²) in [5, 5.41) is 19.6. The molecule has 0 saturated carbocycles. The largest absolute Gasteiger partial charge is 0.378 e. The Balaban J connectivity index is 1.47. The Kier molecular flexibility index (Phi) is 6.09. The van der Waals surface area contributed by atoms with E-state index in [0.717, 1.165) is 32.4 Å². The molecule has 1 aromatic carbocycles. The lowest BCUT2D eigenvalue weighted by Gasteiger charge is -2.13. The van der Waals surface area contributed by atoms with E-state index in [9.17, 15) is 4.79 Å². The minimum absolute atomic E-state index is 0.0213. The molecule has 0 aliphatic carbocycles. The van der Waals surface area contributed by atoms with Gasteiger partial charge in [0.15, 0.2) is 5.69 Å². The number of likely N-dealkylation sites (tertiary alicyclic amines) is 1. The van der Waals surface area contributed by atoms with Crippen LogP contribution in [0.3, 0.4) is 0 Å². The second-order valence-corrected chi connectivity index (χ2v) is 7.03. The van der Waals surface area contributed by atoms with Gasteiger partial charge in [0, 0.05) is 12.8 Å². The molecular formula is C19H23N9O2. The van der Waals surface area contributed by atoms with Crippen LogP contribution in [-0.4, -0.2) is 55.4 Å². The van der Waals surface area contributed by atoms with Gasteiger partial charge in [-0.25, -0.2) is 10.1 Å². The second-order valence-electron chi connectivity index (χ2n) is 7.03. The van der Waals surface area contributed by atoms with Gasteiger partial charge in [-0.1, -0.05) is 35.5 Å². The maximum atomic E-state index is 12.9. The van der Waals surface area contributed by atoms with Gasteiger partial charge in [-0.3, -0.25) is 9.69 Å². The third kappa shape index (κ3) is 4.51. The van der Waals surface area contributed by atoms with E-state index >= 15 is 0 Å². The molecule has 1 amide bonds. The third-order valence-corrected chi connectivity index (χ3v) is 4.89. The number of hydrogen-bond donors (Lipinski definition) is 2. The molecule has 1 aliphatic heterocycles. The van der Waals surface area contributed by atoms with Crippen molar-refractivity contribution in [2.45, 2.75) is 32.2 Å². The van der Waals surface area contributed by atoms with Crippen molar-refractivity contribution in [2.24, 2.45) is 5.10 Å². The summed E-state index contributed by atoms with van der Waals surface area (Å²) in [6.45, 7) is 2.42. The number of rotatable bonds is 8. The van der Waals surface area contributed by atoms with Gasteiger partial charge in [-0.05, 0) is 54.6 Å². The monoisotopic (exact) mass is 409 g/mol. The number of nitrogens with one attached hydrogen (secondary N) is 1. The van der Waals surface area contributed by atoms with Crippen LogP contribution in [0.5, 0.6) is 0 Å². The first-order valence-corrected chi connectivity index (χ1v) is 9.83. The van der Waals surface area contributed by atoms with Crippen molar-refractivity contribution in [3.63, 3.8) is 0 Å². The van der Waals surface area contributed by atoms with Crippen LogP contribution in [-0.2, 0) is 13.0 Å². The molecule has 1 saturated heterocycles. The molecule has 0 unspecified atom stereocenters. The first-order valence-electron chi connectivity index (χ1n) is 9.83. The number of aryl methyl sites for hydroxylation is 1. The standard InChI is InChI=1S/C19H23N9O2/c20-17-18(25-30-24-17)28-16(15(22-26-28)13-27-11-4-5-12-27)19(29)23-21-10-6-9-14-7-2-1-3-8-14/h1-3,7-8,10H,4-6,9,11-13H2,(H2,20,24)(H,23,29)/b21-10+. The van der Waals surface area contributed by atoms with E-state index < -0.39 is 5.91 Å². The quantitative estimate of drug-likeness (QED) is 0.417. The predicted molar refractivity (Wildman–Crippen MR) is 109 cm³/mol. The zero-order valence-corrected chi connectivity index (χ0v) is 16.4. The van der Waals surface area contributed by atoms with Crippen molar-refractivity contribution in [1.29, 1.82) is 0 Å². The van der Waals surface area contributed by atoms with Gasteiger partial charge < -0.3 is 5.73 Å². The number of benzene rings is 1. The van der Waals surface area contributed by atoms with Crippen molar-refractivity contribution in [1.82, 2.24) is 35.6 Å². The molecule has 1 fully saturated rings. The summed E-state index contributed by atoms with van der Waals surface area (Å²) in [5.41, 5.74) is 10.3. The van der Waals surface area contributed by atoms with Crippen LogP contribution >= 0.6 is 0 Å². The summed E-state index contributed by atoms with van der Waals surface area (Å²) in [6.07, 6.45) is 5.46. The van der Waals surface area contributed by atoms with Gasteiger partial charge in [-0.15, -0.1) is 5.10 Å². The molecule has 0 atom stereocenters. The lowest BCUT2D eigenvalue weighted by atomic mass is 10.1. The highest BCUT2D eigenvalue weighted by molar-refractivity contribution is 5.94. The van der Waals surface area contributed by atoms with Gasteiger partial charge in [0.05, 0.1) is 0 Å². The maximum Gasteiger partial charge on any atom is 0.292 e. The fourth-order valence-electron chi connectivity index (χ4n) is 3.38. The number of hydrazone groups is 1. The number of aromatic nitrogens is 5. The maximum absolute atomic E-state index is 12.9. The van der Waals surface area contributed by atoms with E-state index in [1.807, 2.05) is 18.2 Å². The Morgan fingerprint density at radius 2 is 2.03 bits per heavy atom. The van der Waals surface area contributed by atoms with Crippen LogP contribution in [0.1, 0.15) is 41.0 Å². The van der Waals surface area contributed by atoms with E-state index in [0.29, 0.717) is 18.7 Å². The first-order chi connectivity index (χ1) is 14.7. The normalized spacial score (nSPS) is 14.5. The van der Waals surface area contributed by atoms with Crippen LogP contribution in [0.15, 0.2) is 40.1 Å². The number of nitrogen functional groups attached to an aromatic ring is 1. The third-order valence-electron chi connectivity index (χ3n) is 4.89. The number of carbonyl (C=O) groups excluding carboxylic acids is 1. The molecule has 3 N–H and O–H groups in total. The molecule has 3 heterocycles. The van der Waals surface area contributed by atoms with Gasteiger partial charge in [0.1, 0.15) is 5.69 Å². The van der Waals surface area contributed by atoms with Gasteiger partial charge >= 0.3 is 0 Å². The number of carbonyl (C=O) groups is 1. The van der Waals surface area contributed by atoms with Gasteiger partial charge in [0.2, 0.25) is 11.6 Å². The number of nitrogens with zero attached hydrogens (tertiary/aromatic N) is 7.